The fourth-order valence-electron chi connectivity index (χ4n) is 0.304. The molecule has 3 heteroatoms. The van der Waals surface area contributed by atoms with E-state index in [0.29, 0.717) is 0 Å². The summed E-state index contributed by atoms with van der Waals surface area (Å²) in [5, 5.41) is 6.37. The lowest BCUT2D eigenvalue weighted by Crippen LogP contribution is -1.60. The van der Waals surface area contributed by atoms with Crippen molar-refractivity contribution in [3.8, 4) is 0 Å². The molecule has 9 heavy (non-hydrogen) atoms. The third-order valence-corrected chi connectivity index (χ3v) is 0.622. The van der Waals surface area contributed by atoms with Gasteiger partial charge in [-0.1, -0.05) is 12.2 Å². The SMILES string of the molecule is C/C=C\C=C(\F)N=NC. The smallest absolute Gasteiger partial charge is 0.190 e. The molecular weight excluding hydrogens is 119 g/mol. The van der Waals surface area contributed by atoms with Crippen LogP contribution in [-0.4, -0.2) is 7.05 Å². The molecule has 0 aromatic heterocycles. The Kier molecular flexibility index (Phi) is 4.59. The lowest BCUT2D eigenvalue weighted by molar-refractivity contribution is 0.612. The summed E-state index contributed by atoms with van der Waals surface area (Å²) in [6.07, 6.45) is 4.52. The first-order valence-electron chi connectivity index (χ1n) is 2.59. The van der Waals surface area contributed by atoms with Gasteiger partial charge in [-0.3, -0.25) is 0 Å². The molecule has 0 bridgehead atoms. The zero-order valence-electron chi connectivity index (χ0n) is 5.50. The molecule has 0 aliphatic carbocycles. The lowest BCUT2D eigenvalue weighted by atomic mass is 10.5. The van der Waals surface area contributed by atoms with E-state index in [1.54, 1.807) is 19.1 Å². The average Bonchev–Trinajstić information content (AvgIpc) is 1.85. The van der Waals surface area contributed by atoms with Crippen LogP contribution in [0.4, 0.5) is 4.39 Å². The van der Waals surface area contributed by atoms with Crippen LogP contribution in [0, 0.1) is 0 Å². The van der Waals surface area contributed by atoms with Gasteiger partial charge in [-0.2, -0.15) is 9.50 Å². The van der Waals surface area contributed by atoms with Crippen LogP contribution >= 0.6 is 0 Å². The Morgan fingerprint density at radius 3 is 2.67 bits per heavy atom. The predicted octanol–water partition coefficient (Wildman–Crippen LogP) is 2.46. The number of nitrogens with zero attached hydrogens (tertiary/aromatic N) is 2. The van der Waals surface area contributed by atoms with Crippen LogP contribution in [0.2, 0.25) is 0 Å². The Hall–Kier alpha value is -0.990. The number of halogens is 1. The molecule has 0 amide bonds. The highest BCUT2D eigenvalue weighted by Gasteiger charge is 1.81. The maximum absolute atomic E-state index is 12.1. The number of azo groups is 1. The quantitative estimate of drug-likeness (QED) is 0.310. The van der Waals surface area contributed by atoms with E-state index >= 15 is 0 Å². The Morgan fingerprint density at radius 2 is 2.22 bits per heavy atom. The molecule has 0 rings (SSSR count). The van der Waals surface area contributed by atoms with E-state index in [1.165, 1.54) is 13.1 Å². The summed E-state index contributed by atoms with van der Waals surface area (Å²) in [6.45, 7) is 1.80. The molecule has 0 aliphatic heterocycles. The summed E-state index contributed by atoms with van der Waals surface area (Å²) in [4.78, 5) is 0. The molecule has 50 valence electrons. The van der Waals surface area contributed by atoms with Crippen molar-refractivity contribution < 1.29 is 4.39 Å². The van der Waals surface area contributed by atoms with Gasteiger partial charge in [0.15, 0.2) is 0 Å². The number of rotatable bonds is 2. The minimum absolute atomic E-state index is 0.574. The Morgan fingerprint density at radius 1 is 1.56 bits per heavy atom. The molecule has 0 atom stereocenters. The van der Waals surface area contributed by atoms with E-state index in [9.17, 15) is 4.39 Å². The van der Waals surface area contributed by atoms with E-state index in [4.69, 9.17) is 0 Å². The molecule has 0 saturated heterocycles. The van der Waals surface area contributed by atoms with E-state index in [2.05, 4.69) is 10.2 Å². The standard InChI is InChI=1S/C6H9FN2/c1-3-4-5-6(7)9-8-2/h3-5H,1-2H3/b4-3-,6-5-,9-8?. The van der Waals surface area contributed by atoms with E-state index in [1.807, 2.05) is 0 Å². The molecule has 0 spiro atoms. The second-order valence-electron chi connectivity index (χ2n) is 1.32. The molecule has 0 saturated carbocycles. The Balaban J connectivity index is 3.84. The van der Waals surface area contributed by atoms with Crippen LogP contribution in [0.1, 0.15) is 6.92 Å². The first-order chi connectivity index (χ1) is 4.31. The van der Waals surface area contributed by atoms with Crippen molar-refractivity contribution in [3.63, 3.8) is 0 Å². The molecule has 0 aromatic carbocycles. The van der Waals surface area contributed by atoms with Gasteiger partial charge >= 0.3 is 0 Å². The van der Waals surface area contributed by atoms with Crippen LogP contribution in [-0.2, 0) is 0 Å². The summed E-state index contributed by atoms with van der Waals surface area (Å²) in [5.74, 6) is -0.574. The summed E-state index contributed by atoms with van der Waals surface area (Å²) in [6, 6.07) is 0. The normalized spacial score (nSPS) is 13.9. The first kappa shape index (κ1) is 8.01. The fraction of sp³-hybridized carbons (Fsp3) is 0.333. The van der Waals surface area contributed by atoms with Gasteiger partial charge in [0.2, 0.25) is 5.95 Å². The van der Waals surface area contributed by atoms with Gasteiger partial charge in [-0.05, 0) is 13.0 Å². The van der Waals surface area contributed by atoms with Crippen LogP contribution in [0.25, 0.3) is 0 Å². The molecule has 0 unspecified atom stereocenters. The van der Waals surface area contributed by atoms with Crippen molar-refractivity contribution in [3.05, 3.63) is 24.2 Å². The van der Waals surface area contributed by atoms with Crippen LogP contribution in [0.3, 0.4) is 0 Å². The van der Waals surface area contributed by atoms with Crippen LogP contribution in [0.15, 0.2) is 34.4 Å². The van der Waals surface area contributed by atoms with E-state index in [-0.39, 0.29) is 0 Å². The second-order valence-corrected chi connectivity index (χ2v) is 1.32. The van der Waals surface area contributed by atoms with Crippen molar-refractivity contribution in [2.45, 2.75) is 6.92 Å². The third-order valence-electron chi connectivity index (χ3n) is 0.622. The van der Waals surface area contributed by atoms with E-state index in [0.717, 1.165) is 0 Å². The summed E-state index contributed by atoms with van der Waals surface area (Å²) < 4.78 is 12.1. The second kappa shape index (κ2) is 5.15. The van der Waals surface area contributed by atoms with Gasteiger partial charge < -0.3 is 0 Å². The zero-order chi connectivity index (χ0) is 7.11. The van der Waals surface area contributed by atoms with Gasteiger partial charge in [-0.25, -0.2) is 0 Å². The molecule has 0 aromatic rings. The minimum atomic E-state index is -0.574. The maximum Gasteiger partial charge on any atom is 0.232 e. The first-order valence-corrected chi connectivity index (χ1v) is 2.59. The average molecular weight is 128 g/mol. The molecule has 2 nitrogen and oxygen atoms in total. The van der Waals surface area contributed by atoms with Gasteiger partial charge in [0.05, 0.1) is 0 Å². The monoisotopic (exact) mass is 128 g/mol. The van der Waals surface area contributed by atoms with Crippen LogP contribution in [0.5, 0.6) is 0 Å². The highest BCUT2D eigenvalue weighted by Crippen LogP contribution is 1.97. The van der Waals surface area contributed by atoms with Crippen molar-refractivity contribution in [1.82, 2.24) is 0 Å². The molecule has 0 heterocycles. The Bertz CT molecular complexity index is 147. The third kappa shape index (κ3) is 4.87. The molecule has 0 N–H and O–H groups in total. The van der Waals surface area contributed by atoms with Gasteiger partial charge in [-0.15, -0.1) is 5.11 Å². The highest BCUT2D eigenvalue weighted by atomic mass is 19.1. The van der Waals surface area contributed by atoms with Gasteiger partial charge in [0.25, 0.3) is 0 Å². The topological polar surface area (TPSA) is 24.7 Å². The molecular formula is C6H9FN2. The minimum Gasteiger partial charge on any atom is -0.190 e. The van der Waals surface area contributed by atoms with Gasteiger partial charge in [0, 0.05) is 7.05 Å². The van der Waals surface area contributed by atoms with E-state index < -0.39 is 5.95 Å². The van der Waals surface area contributed by atoms with Crippen molar-refractivity contribution in [2.75, 3.05) is 7.05 Å². The van der Waals surface area contributed by atoms with Crippen LogP contribution < -0.4 is 0 Å². The van der Waals surface area contributed by atoms with Crippen molar-refractivity contribution in [2.24, 2.45) is 10.2 Å². The zero-order valence-corrected chi connectivity index (χ0v) is 5.50. The highest BCUT2D eigenvalue weighted by molar-refractivity contribution is 5.04. The van der Waals surface area contributed by atoms with Gasteiger partial charge in [0.1, 0.15) is 0 Å². The Labute approximate surface area is 53.8 Å². The van der Waals surface area contributed by atoms with Crippen molar-refractivity contribution in [1.29, 1.82) is 0 Å². The number of hydrogen-bond acceptors (Lipinski definition) is 2. The largest absolute Gasteiger partial charge is 0.232 e. The molecule has 0 radical (unpaired) electrons. The molecule has 0 aliphatic rings. The molecule has 0 fully saturated rings. The predicted molar refractivity (Wildman–Crippen MR) is 34.8 cm³/mol. The fourth-order valence-corrected chi connectivity index (χ4v) is 0.304. The summed E-state index contributed by atoms with van der Waals surface area (Å²) >= 11 is 0. The summed E-state index contributed by atoms with van der Waals surface area (Å²) in [7, 11) is 1.42. The number of hydrogen-bond donors (Lipinski definition) is 0. The van der Waals surface area contributed by atoms with Crippen molar-refractivity contribution >= 4 is 0 Å². The number of allylic oxidation sites excluding steroid dienone is 3. The maximum atomic E-state index is 12.1. The summed E-state index contributed by atoms with van der Waals surface area (Å²) in [5.41, 5.74) is 0. The lowest BCUT2D eigenvalue weighted by Gasteiger charge is -1.77.